The minimum absolute atomic E-state index is 0.0813. The molecule has 0 radical (unpaired) electrons. The highest BCUT2D eigenvalue weighted by molar-refractivity contribution is 5.89. The van der Waals surface area contributed by atoms with Gasteiger partial charge in [0, 0.05) is 6.54 Å². The van der Waals surface area contributed by atoms with E-state index in [2.05, 4.69) is 4.90 Å². The number of ether oxygens (including phenoxy) is 2. The second kappa shape index (κ2) is 8.03. The fraction of sp³-hybridized carbons (Fsp3) is 0.588. The van der Waals surface area contributed by atoms with Crippen LogP contribution in [-0.2, 0) is 4.74 Å². The maximum Gasteiger partial charge on any atom is 0.338 e. The average molecular weight is 291 g/mol. The van der Waals surface area contributed by atoms with E-state index in [0.717, 1.165) is 25.4 Å². The highest BCUT2D eigenvalue weighted by Crippen LogP contribution is 2.14. The van der Waals surface area contributed by atoms with Gasteiger partial charge in [-0.1, -0.05) is 6.42 Å². The van der Waals surface area contributed by atoms with Crippen LogP contribution in [0.3, 0.4) is 0 Å². The molecule has 116 valence electrons. The summed E-state index contributed by atoms with van der Waals surface area (Å²) < 4.78 is 10.9. The zero-order valence-electron chi connectivity index (χ0n) is 13.0. The van der Waals surface area contributed by atoms with E-state index >= 15 is 0 Å². The van der Waals surface area contributed by atoms with E-state index in [9.17, 15) is 4.79 Å². The summed E-state index contributed by atoms with van der Waals surface area (Å²) in [5.41, 5.74) is 0.573. The summed E-state index contributed by atoms with van der Waals surface area (Å²) in [4.78, 5) is 14.5. The van der Waals surface area contributed by atoms with E-state index in [1.807, 2.05) is 13.8 Å². The third-order valence-electron chi connectivity index (χ3n) is 3.67. The quantitative estimate of drug-likeness (QED) is 0.755. The molecule has 1 aromatic carbocycles. The minimum Gasteiger partial charge on any atom is -0.494 e. The molecule has 0 aliphatic carbocycles. The molecule has 0 unspecified atom stereocenters. The molecule has 0 bridgehead atoms. The molecule has 1 fully saturated rings. The monoisotopic (exact) mass is 291 g/mol. The number of rotatable bonds is 6. The number of likely N-dealkylation sites (tertiary alicyclic amines) is 1. The number of carbonyl (C=O) groups is 1. The maximum absolute atomic E-state index is 12.1. The summed E-state index contributed by atoms with van der Waals surface area (Å²) in [6.45, 7) is 7.57. The van der Waals surface area contributed by atoms with E-state index in [-0.39, 0.29) is 12.1 Å². The third-order valence-corrected chi connectivity index (χ3v) is 3.67. The van der Waals surface area contributed by atoms with Gasteiger partial charge in [-0.25, -0.2) is 4.79 Å². The number of hydrogen-bond acceptors (Lipinski definition) is 4. The lowest BCUT2D eigenvalue weighted by Crippen LogP contribution is -2.37. The Bertz CT molecular complexity index is 438. The third kappa shape index (κ3) is 5.05. The van der Waals surface area contributed by atoms with Gasteiger partial charge in [-0.05, 0) is 64.0 Å². The van der Waals surface area contributed by atoms with Crippen LogP contribution < -0.4 is 4.74 Å². The highest BCUT2D eigenvalue weighted by Gasteiger charge is 2.17. The summed E-state index contributed by atoms with van der Waals surface area (Å²) in [5.74, 6) is 0.512. The molecule has 1 aromatic rings. The van der Waals surface area contributed by atoms with Gasteiger partial charge >= 0.3 is 5.97 Å². The zero-order valence-corrected chi connectivity index (χ0v) is 13.0. The summed E-state index contributed by atoms with van der Waals surface area (Å²) in [5, 5.41) is 0. The number of carbonyl (C=O) groups excluding carboxylic acids is 1. The molecule has 4 heteroatoms. The summed E-state index contributed by atoms with van der Waals surface area (Å²) in [7, 11) is 0. The van der Waals surface area contributed by atoms with Gasteiger partial charge in [0.2, 0.25) is 0 Å². The van der Waals surface area contributed by atoms with E-state index in [4.69, 9.17) is 9.47 Å². The van der Waals surface area contributed by atoms with E-state index in [0.29, 0.717) is 12.2 Å². The van der Waals surface area contributed by atoms with E-state index in [1.165, 1.54) is 19.3 Å². The molecule has 0 spiro atoms. The second-order valence-electron chi connectivity index (χ2n) is 5.53. The molecule has 1 heterocycles. The van der Waals surface area contributed by atoms with Gasteiger partial charge in [-0.3, -0.25) is 4.90 Å². The van der Waals surface area contributed by atoms with Crippen molar-refractivity contribution in [2.45, 2.75) is 39.2 Å². The van der Waals surface area contributed by atoms with Crippen molar-refractivity contribution in [3.8, 4) is 5.75 Å². The molecule has 1 aliphatic heterocycles. The Labute approximate surface area is 127 Å². The van der Waals surface area contributed by atoms with Crippen LogP contribution in [0.15, 0.2) is 24.3 Å². The number of esters is 1. The topological polar surface area (TPSA) is 38.8 Å². The first-order valence-corrected chi connectivity index (χ1v) is 7.85. The highest BCUT2D eigenvalue weighted by atomic mass is 16.5. The number of nitrogens with zero attached hydrogens (tertiary/aromatic N) is 1. The van der Waals surface area contributed by atoms with Crippen LogP contribution in [0.1, 0.15) is 43.5 Å². The van der Waals surface area contributed by atoms with Gasteiger partial charge < -0.3 is 9.47 Å². The van der Waals surface area contributed by atoms with Crippen molar-refractivity contribution < 1.29 is 14.3 Å². The Balaban J connectivity index is 1.82. The first kappa shape index (κ1) is 15.8. The van der Waals surface area contributed by atoms with Crippen LogP contribution in [0, 0.1) is 0 Å². The Morgan fingerprint density at radius 2 is 1.86 bits per heavy atom. The summed E-state index contributed by atoms with van der Waals surface area (Å²) >= 11 is 0. The molecule has 4 nitrogen and oxygen atoms in total. The Kier molecular flexibility index (Phi) is 6.05. The Hall–Kier alpha value is -1.55. The lowest BCUT2D eigenvalue weighted by atomic mass is 10.1. The molecular weight excluding hydrogens is 266 g/mol. The van der Waals surface area contributed by atoms with Gasteiger partial charge in [0.05, 0.1) is 12.2 Å². The van der Waals surface area contributed by atoms with E-state index < -0.39 is 0 Å². The molecule has 0 saturated carbocycles. The van der Waals surface area contributed by atoms with Crippen LogP contribution in [0.25, 0.3) is 0 Å². The van der Waals surface area contributed by atoms with Crippen LogP contribution in [-0.4, -0.2) is 43.2 Å². The molecule has 1 saturated heterocycles. The predicted octanol–water partition coefficient (Wildman–Crippen LogP) is 3.12. The van der Waals surface area contributed by atoms with Crippen LogP contribution in [0.5, 0.6) is 5.75 Å². The molecule has 2 rings (SSSR count). The van der Waals surface area contributed by atoms with Crippen LogP contribution >= 0.6 is 0 Å². The molecule has 0 N–H and O–H groups in total. The largest absolute Gasteiger partial charge is 0.494 e. The molecule has 1 aliphatic rings. The molecule has 0 amide bonds. The average Bonchev–Trinajstić information content (AvgIpc) is 2.49. The minimum atomic E-state index is -0.262. The first-order valence-electron chi connectivity index (χ1n) is 7.85. The van der Waals surface area contributed by atoms with Gasteiger partial charge in [0.15, 0.2) is 0 Å². The van der Waals surface area contributed by atoms with Gasteiger partial charge in [0.25, 0.3) is 0 Å². The van der Waals surface area contributed by atoms with Crippen molar-refractivity contribution in [3.63, 3.8) is 0 Å². The molecular formula is C17H25NO3. The molecule has 1 atom stereocenters. The second-order valence-corrected chi connectivity index (χ2v) is 5.53. The predicted molar refractivity (Wildman–Crippen MR) is 82.8 cm³/mol. The fourth-order valence-electron chi connectivity index (χ4n) is 2.65. The smallest absolute Gasteiger partial charge is 0.338 e. The van der Waals surface area contributed by atoms with Crippen LogP contribution in [0.4, 0.5) is 0 Å². The van der Waals surface area contributed by atoms with Crippen molar-refractivity contribution >= 4 is 5.97 Å². The summed E-state index contributed by atoms with van der Waals surface area (Å²) in [6.07, 6.45) is 3.73. The number of benzene rings is 1. The normalized spacial score (nSPS) is 17.2. The molecule has 0 aromatic heterocycles. The van der Waals surface area contributed by atoms with Gasteiger partial charge in [-0.15, -0.1) is 0 Å². The standard InChI is InChI=1S/C17H25NO3/c1-3-20-16-9-7-15(8-10-16)17(19)21-14(2)13-18-11-5-4-6-12-18/h7-10,14H,3-6,11-13H2,1-2H3/t14-/m1/s1. The first-order chi connectivity index (χ1) is 10.2. The summed E-state index contributed by atoms with van der Waals surface area (Å²) in [6, 6.07) is 7.10. The Morgan fingerprint density at radius 3 is 2.48 bits per heavy atom. The van der Waals surface area contributed by atoms with E-state index in [1.54, 1.807) is 24.3 Å². The number of piperidine rings is 1. The van der Waals surface area contributed by atoms with Crippen molar-refractivity contribution in [2.24, 2.45) is 0 Å². The van der Waals surface area contributed by atoms with Gasteiger partial charge in [-0.2, -0.15) is 0 Å². The SMILES string of the molecule is CCOc1ccc(C(=O)O[C@H](C)CN2CCCCC2)cc1. The molecule has 21 heavy (non-hydrogen) atoms. The van der Waals surface area contributed by atoms with Crippen molar-refractivity contribution in [1.82, 2.24) is 4.90 Å². The fourth-order valence-corrected chi connectivity index (χ4v) is 2.65. The van der Waals surface area contributed by atoms with Crippen molar-refractivity contribution in [1.29, 1.82) is 0 Å². The Morgan fingerprint density at radius 1 is 1.19 bits per heavy atom. The number of hydrogen-bond donors (Lipinski definition) is 0. The van der Waals surface area contributed by atoms with Gasteiger partial charge in [0.1, 0.15) is 11.9 Å². The lowest BCUT2D eigenvalue weighted by Gasteiger charge is -2.28. The maximum atomic E-state index is 12.1. The van der Waals surface area contributed by atoms with Crippen molar-refractivity contribution in [3.05, 3.63) is 29.8 Å². The van der Waals surface area contributed by atoms with Crippen LogP contribution in [0.2, 0.25) is 0 Å². The van der Waals surface area contributed by atoms with Crippen molar-refractivity contribution in [2.75, 3.05) is 26.2 Å². The lowest BCUT2D eigenvalue weighted by molar-refractivity contribution is 0.0236. The zero-order chi connectivity index (χ0) is 15.1.